The SMILES string of the molecule is O=C(O)c1ccc(NCc2cc3cccnc3[nH]2)nc1. The summed E-state index contributed by atoms with van der Waals surface area (Å²) in [6.07, 6.45) is 3.07. The quantitative estimate of drug-likeness (QED) is 0.675. The highest BCUT2D eigenvalue weighted by molar-refractivity contribution is 5.87. The molecule has 3 aromatic rings. The number of anilines is 1. The maximum Gasteiger partial charge on any atom is 0.337 e. The van der Waals surface area contributed by atoms with Crippen molar-refractivity contribution in [2.75, 3.05) is 5.32 Å². The summed E-state index contributed by atoms with van der Waals surface area (Å²) in [6.45, 7) is 0.565. The van der Waals surface area contributed by atoms with Gasteiger partial charge in [0.05, 0.1) is 12.1 Å². The summed E-state index contributed by atoms with van der Waals surface area (Å²) in [6, 6.07) is 9.05. The van der Waals surface area contributed by atoms with Crippen LogP contribution in [-0.2, 0) is 6.54 Å². The summed E-state index contributed by atoms with van der Waals surface area (Å²) in [4.78, 5) is 22.2. The van der Waals surface area contributed by atoms with Crippen LogP contribution in [0.5, 0.6) is 0 Å². The van der Waals surface area contributed by atoms with Crippen molar-refractivity contribution in [1.82, 2.24) is 15.0 Å². The molecule has 0 bridgehead atoms. The van der Waals surface area contributed by atoms with E-state index in [-0.39, 0.29) is 5.56 Å². The third-order valence-electron chi connectivity index (χ3n) is 2.92. The van der Waals surface area contributed by atoms with Gasteiger partial charge in [-0.25, -0.2) is 14.8 Å². The second-order valence-electron chi connectivity index (χ2n) is 4.33. The third-order valence-corrected chi connectivity index (χ3v) is 2.92. The molecule has 0 atom stereocenters. The van der Waals surface area contributed by atoms with E-state index in [9.17, 15) is 4.79 Å². The van der Waals surface area contributed by atoms with E-state index < -0.39 is 5.97 Å². The molecule has 3 N–H and O–H groups in total. The first-order chi connectivity index (χ1) is 9.72. The molecule has 0 radical (unpaired) electrons. The zero-order valence-corrected chi connectivity index (χ0v) is 10.5. The van der Waals surface area contributed by atoms with Crippen molar-refractivity contribution < 1.29 is 9.90 Å². The number of aromatic amines is 1. The number of aromatic nitrogens is 3. The molecule has 3 heterocycles. The summed E-state index contributed by atoms with van der Waals surface area (Å²) in [5, 5.41) is 13.0. The number of carboxylic acid groups (broad SMARTS) is 1. The average Bonchev–Trinajstić information content (AvgIpc) is 2.88. The lowest BCUT2D eigenvalue weighted by atomic mass is 10.3. The molecule has 6 heteroatoms. The molecule has 0 aliphatic heterocycles. The first-order valence-electron chi connectivity index (χ1n) is 6.08. The van der Waals surface area contributed by atoms with Gasteiger partial charge in [0.2, 0.25) is 0 Å². The Bertz CT molecular complexity index is 716. The Balaban J connectivity index is 1.71. The van der Waals surface area contributed by atoms with Gasteiger partial charge in [-0.1, -0.05) is 0 Å². The van der Waals surface area contributed by atoms with Crippen LogP contribution in [0.15, 0.2) is 42.7 Å². The number of hydrogen-bond acceptors (Lipinski definition) is 4. The molecule has 100 valence electrons. The fraction of sp³-hybridized carbons (Fsp3) is 0.0714. The molecule has 0 aliphatic carbocycles. The highest BCUT2D eigenvalue weighted by atomic mass is 16.4. The standard InChI is InChI=1S/C14H12N4O2/c19-14(20)10-3-4-12(16-7-10)17-8-11-6-9-2-1-5-15-13(9)18-11/h1-7H,8H2,(H,15,18)(H,16,17)(H,19,20). The van der Waals surface area contributed by atoms with E-state index in [1.165, 1.54) is 12.3 Å². The maximum absolute atomic E-state index is 10.7. The molecule has 0 aromatic carbocycles. The van der Waals surface area contributed by atoms with Gasteiger partial charge < -0.3 is 15.4 Å². The topological polar surface area (TPSA) is 90.9 Å². The van der Waals surface area contributed by atoms with Crippen LogP contribution in [0.25, 0.3) is 11.0 Å². The van der Waals surface area contributed by atoms with Crippen molar-refractivity contribution in [3.05, 3.63) is 54.0 Å². The summed E-state index contributed by atoms with van der Waals surface area (Å²) >= 11 is 0. The molecule has 0 amide bonds. The normalized spacial score (nSPS) is 10.6. The predicted molar refractivity (Wildman–Crippen MR) is 74.6 cm³/mol. The predicted octanol–water partition coefficient (Wildman–Crippen LogP) is 2.27. The number of fused-ring (bicyclic) bond motifs is 1. The van der Waals surface area contributed by atoms with E-state index in [1.807, 2.05) is 18.2 Å². The molecule has 0 saturated carbocycles. The van der Waals surface area contributed by atoms with E-state index >= 15 is 0 Å². The lowest BCUT2D eigenvalue weighted by Gasteiger charge is -2.03. The fourth-order valence-electron chi connectivity index (χ4n) is 1.92. The number of carboxylic acids is 1. The number of carbonyl (C=O) groups is 1. The number of H-pyrrole nitrogens is 1. The van der Waals surface area contributed by atoms with Crippen molar-refractivity contribution in [2.24, 2.45) is 0 Å². The lowest BCUT2D eigenvalue weighted by molar-refractivity contribution is 0.0696. The Morgan fingerprint density at radius 1 is 1.30 bits per heavy atom. The zero-order chi connectivity index (χ0) is 13.9. The number of rotatable bonds is 4. The minimum Gasteiger partial charge on any atom is -0.478 e. The summed E-state index contributed by atoms with van der Waals surface area (Å²) in [5.74, 6) is -0.354. The molecule has 0 unspecified atom stereocenters. The van der Waals surface area contributed by atoms with Crippen LogP contribution < -0.4 is 5.32 Å². The third kappa shape index (κ3) is 2.44. The monoisotopic (exact) mass is 268 g/mol. The lowest BCUT2D eigenvalue weighted by Crippen LogP contribution is -2.03. The van der Waals surface area contributed by atoms with E-state index in [0.29, 0.717) is 12.4 Å². The summed E-state index contributed by atoms with van der Waals surface area (Å²) in [5.41, 5.74) is 2.01. The van der Waals surface area contributed by atoms with E-state index in [0.717, 1.165) is 16.7 Å². The van der Waals surface area contributed by atoms with Gasteiger partial charge in [0, 0.05) is 23.5 Å². The molecule has 0 aliphatic rings. The van der Waals surface area contributed by atoms with Crippen molar-refractivity contribution in [3.63, 3.8) is 0 Å². The second-order valence-corrected chi connectivity index (χ2v) is 4.33. The molecule has 3 rings (SSSR count). The number of pyridine rings is 2. The van der Waals surface area contributed by atoms with Gasteiger partial charge in [-0.3, -0.25) is 0 Å². The van der Waals surface area contributed by atoms with Gasteiger partial charge in [0.15, 0.2) is 0 Å². The second kappa shape index (κ2) is 5.00. The molecule has 0 spiro atoms. The van der Waals surface area contributed by atoms with Crippen LogP contribution in [0.3, 0.4) is 0 Å². The molecule has 6 nitrogen and oxygen atoms in total. The number of nitrogens with zero attached hydrogens (tertiary/aromatic N) is 2. The van der Waals surface area contributed by atoms with Crippen LogP contribution in [-0.4, -0.2) is 26.0 Å². The summed E-state index contributed by atoms with van der Waals surface area (Å²) in [7, 11) is 0. The van der Waals surface area contributed by atoms with Crippen molar-refractivity contribution in [3.8, 4) is 0 Å². The van der Waals surface area contributed by atoms with Crippen LogP contribution >= 0.6 is 0 Å². The summed E-state index contributed by atoms with van der Waals surface area (Å²) < 4.78 is 0. The maximum atomic E-state index is 10.7. The Morgan fingerprint density at radius 2 is 2.20 bits per heavy atom. The van der Waals surface area contributed by atoms with Gasteiger partial charge in [-0.15, -0.1) is 0 Å². The van der Waals surface area contributed by atoms with Crippen molar-refractivity contribution in [2.45, 2.75) is 6.54 Å². The number of nitrogens with one attached hydrogen (secondary N) is 2. The van der Waals surface area contributed by atoms with Crippen LogP contribution in [0.2, 0.25) is 0 Å². The zero-order valence-electron chi connectivity index (χ0n) is 10.5. The highest BCUT2D eigenvalue weighted by Crippen LogP contribution is 2.13. The van der Waals surface area contributed by atoms with Crippen LogP contribution in [0.4, 0.5) is 5.82 Å². The Kier molecular flexibility index (Phi) is 3.04. The van der Waals surface area contributed by atoms with Gasteiger partial charge in [-0.2, -0.15) is 0 Å². The molecule has 0 fully saturated rings. The van der Waals surface area contributed by atoms with Gasteiger partial charge in [0.25, 0.3) is 0 Å². The molecular formula is C14H12N4O2. The van der Waals surface area contributed by atoms with E-state index in [4.69, 9.17) is 5.11 Å². The van der Waals surface area contributed by atoms with Crippen LogP contribution in [0, 0.1) is 0 Å². The largest absolute Gasteiger partial charge is 0.478 e. The van der Waals surface area contributed by atoms with E-state index in [1.54, 1.807) is 12.3 Å². The average molecular weight is 268 g/mol. The minimum absolute atomic E-state index is 0.172. The van der Waals surface area contributed by atoms with Crippen molar-refractivity contribution in [1.29, 1.82) is 0 Å². The molecule has 3 aromatic heterocycles. The molecular weight excluding hydrogens is 256 g/mol. The van der Waals surface area contributed by atoms with Crippen LogP contribution in [0.1, 0.15) is 16.1 Å². The number of aromatic carboxylic acids is 1. The van der Waals surface area contributed by atoms with Gasteiger partial charge >= 0.3 is 5.97 Å². The Morgan fingerprint density at radius 3 is 2.90 bits per heavy atom. The first kappa shape index (κ1) is 12.2. The molecule has 20 heavy (non-hydrogen) atoms. The Labute approximate surface area is 114 Å². The minimum atomic E-state index is -0.981. The fourth-order valence-corrected chi connectivity index (χ4v) is 1.92. The number of hydrogen-bond donors (Lipinski definition) is 3. The van der Waals surface area contributed by atoms with Gasteiger partial charge in [0.1, 0.15) is 11.5 Å². The smallest absolute Gasteiger partial charge is 0.337 e. The highest BCUT2D eigenvalue weighted by Gasteiger charge is 2.04. The first-order valence-corrected chi connectivity index (χ1v) is 6.08. The van der Waals surface area contributed by atoms with E-state index in [2.05, 4.69) is 20.3 Å². The Hall–Kier alpha value is -2.89. The molecule has 0 saturated heterocycles. The van der Waals surface area contributed by atoms with Crippen molar-refractivity contribution >= 4 is 22.8 Å². The van der Waals surface area contributed by atoms with Gasteiger partial charge in [-0.05, 0) is 30.3 Å².